The molecule has 0 aromatic heterocycles. The Kier molecular flexibility index (Phi) is 15.1. The minimum atomic E-state index is -1.34. The third-order valence-electron chi connectivity index (χ3n) is 6.56. The second-order valence-electron chi connectivity index (χ2n) is 13.8. The number of aliphatic carboxylic acids is 1. The van der Waals surface area contributed by atoms with Gasteiger partial charge in [-0.3, -0.25) is 14.4 Å². The normalized spacial score (nSPS) is 13.1. The molecule has 2 aromatic rings. The maximum atomic E-state index is 13.6. The Bertz CT molecular complexity index is 1480. The van der Waals surface area contributed by atoms with Gasteiger partial charge in [-0.05, 0) is 83.7 Å². The number of rotatable bonds is 14. The summed E-state index contributed by atoms with van der Waals surface area (Å²) in [6, 6.07) is 12.1. The van der Waals surface area contributed by atoms with Crippen molar-refractivity contribution in [1.29, 1.82) is 0 Å². The van der Waals surface area contributed by atoms with Gasteiger partial charge in [-0.1, -0.05) is 56.0 Å². The molecule has 0 aliphatic heterocycles. The lowest BCUT2D eigenvalue weighted by atomic mass is 10.0. The van der Waals surface area contributed by atoms with E-state index in [9.17, 15) is 29.1 Å². The highest BCUT2D eigenvalue weighted by Crippen LogP contribution is 2.18. The number of alkyl carbamates (subject to hydrolysis) is 1. The largest absolute Gasteiger partial charge is 0.488 e. The van der Waals surface area contributed by atoms with Crippen LogP contribution in [-0.4, -0.2) is 64.3 Å². The molecule has 0 bridgehead atoms. The van der Waals surface area contributed by atoms with Crippen LogP contribution in [0, 0.1) is 17.8 Å². The molecule has 1 unspecified atom stereocenters. The lowest BCUT2D eigenvalue weighted by Crippen LogP contribution is -2.56. The first-order valence-corrected chi connectivity index (χ1v) is 16.1. The van der Waals surface area contributed by atoms with Gasteiger partial charge in [0, 0.05) is 18.4 Å². The minimum absolute atomic E-state index is 0.0532. The predicted octanol–water partition coefficient (Wildman–Crippen LogP) is 4.73. The molecule has 0 saturated carbocycles. The third-order valence-corrected chi connectivity index (χ3v) is 6.56. The van der Waals surface area contributed by atoms with Gasteiger partial charge in [-0.25, -0.2) is 9.59 Å². The van der Waals surface area contributed by atoms with Crippen molar-refractivity contribution in [2.24, 2.45) is 5.92 Å². The van der Waals surface area contributed by atoms with Gasteiger partial charge >= 0.3 is 18.0 Å². The van der Waals surface area contributed by atoms with E-state index >= 15 is 0 Å². The standard InChI is InChI=1S/C37H49N3O9/c1-24(2)31(34(44)45)40-33(43)29(21-22-30(41)49-37(6,7)8)38-32(42)28(39-35(46)47-23-26-13-10-9-11-14-26)16-12-15-25-17-19-27(20-18-25)48-36(3,4)5/h9-11,13-14,17-20,24,28-29,31H,16,21-23H2,1-8H3,(H,38,42)(H,39,46)(H,40,43)(H,44,45)/t28-,29-,31?/m0/s1. The van der Waals surface area contributed by atoms with Crippen LogP contribution in [0.5, 0.6) is 5.75 Å². The first-order valence-electron chi connectivity index (χ1n) is 16.1. The Morgan fingerprint density at radius 2 is 1.41 bits per heavy atom. The van der Waals surface area contributed by atoms with E-state index in [0.29, 0.717) is 11.3 Å². The Morgan fingerprint density at radius 1 is 0.796 bits per heavy atom. The molecule has 2 rings (SSSR count). The topological polar surface area (TPSA) is 169 Å². The lowest BCUT2D eigenvalue weighted by molar-refractivity contribution is -0.155. The molecule has 3 amide bonds. The van der Waals surface area contributed by atoms with E-state index in [2.05, 4.69) is 27.8 Å². The average Bonchev–Trinajstić information content (AvgIpc) is 2.99. The van der Waals surface area contributed by atoms with E-state index in [0.717, 1.165) is 5.56 Å². The van der Waals surface area contributed by atoms with Crippen molar-refractivity contribution in [3.05, 3.63) is 65.7 Å². The van der Waals surface area contributed by atoms with Crippen LogP contribution in [0.4, 0.5) is 4.79 Å². The molecule has 0 radical (unpaired) electrons. The van der Waals surface area contributed by atoms with Crippen molar-refractivity contribution in [3.8, 4) is 17.6 Å². The first kappa shape index (κ1) is 40.1. The number of hydrogen-bond acceptors (Lipinski definition) is 8. The molecule has 0 fully saturated rings. The number of ether oxygens (including phenoxy) is 3. The third kappa shape index (κ3) is 16.1. The van der Waals surface area contributed by atoms with Crippen LogP contribution in [-0.2, 0) is 35.3 Å². The van der Waals surface area contributed by atoms with E-state index in [1.165, 1.54) is 0 Å². The number of carboxylic acids is 1. The summed E-state index contributed by atoms with van der Waals surface area (Å²) in [5, 5.41) is 17.1. The van der Waals surface area contributed by atoms with Crippen molar-refractivity contribution in [2.45, 2.75) is 111 Å². The summed E-state index contributed by atoms with van der Waals surface area (Å²) in [5.74, 6) is 2.58. The van der Waals surface area contributed by atoms with Crippen molar-refractivity contribution < 1.29 is 43.3 Å². The fourth-order valence-electron chi connectivity index (χ4n) is 4.29. The highest BCUT2D eigenvalue weighted by molar-refractivity contribution is 5.93. The highest BCUT2D eigenvalue weighted by Gasteiger charge is 2.31. The van der Waals surface area contributed by atoms with E-state index < -0.39 is 59.5 Å². The number of amides is 3. The van der Waals surface area contributed by atoms with Crippen LogP contribution >= 0.6 is 0 Å². The number of nitrogens with one attached hydrogen (secondary N) is 3. The maximum absolute atomic E-state index is 13.6. The summed E-state index contributed by atoms with van der Waals surface area (Å²) in [6.45, 7) is 14.1. The second kappa shape index (κ2) is 18.5. The predicted molar refractivity (Wildman–Crippen MR) is 183 cm³/mol. The van der Waals surface area contributed by atoms with Crippen LogP contribution in [0.3, 0.4) is 0 Å². The fourth-order valence-corrected chi connectivity index (χ4v) is 4.29. The molecule has 0 aliphatic carbocycles. The monoisotopic (exact) mass is 679 g/mol. The Hall–Kier alpha value is -5.05. The Labute approximate surface area is 288 Å². The molecule has 3 atom stereocenters. The van der Waals surface area contributed by atoms with Gasteiger partial charge < -0.3 is 35.3 Å². The summed E-state index contributed by atoms with van der Waals surface area (Å²) in [5.41, 5.74) is 0.210. The summed E-state index contributed by atoms with van der Waals surface area (Å²) in [7, 11) is 0. The number of benzene rings is 2. The van der Waals surface area contributed by atoms with Gasteiger partial charge in [0.1, 0.15) is 41.7 Å². The highest BCUT2D eigenvalue weighted by atomic mass is 16.6. The van der Waals surface area contributed by atoms with Crippen LogP contribution in [0.25, 0.3) is 0 Å². The summed E-state index contributed by atoms with van der Waals surface area (Å²) >= 11 is 0. The zero-order valence-corrected chi connectivity index (χ0v) is 29.5. The molecule has 266 valence electrons. The summed E-state index contributed by atoms with van der Waals surface area (Å²) in [4.78, 5) is 64.0. The van der Waals surface area contributed by atoms with Crippen LogP contribution in [0.1, 0.15) is 85.8 Å². The Morgan fingerprint density at radius 3 is 1.96 bits per heavy atom. The van der Waals surface area contributed by atoms with E-state index in [4.69, 9.17) is 14.2 Å². The molecule has 2 aromatic carbocycles. The molecule has 0 aliphatic rings. The number of hydrogen-bond donors (Lipinski definition) is 4. The number of carboxylic acid groups (broad SMARTS) is 1. The van der Waals surface area contributed by atoms with Crippen LogP contribution < -0.4 is 20.7 Å². The molecule has 4 N–H and O–H groups in total. The molecule has 12 nitrogen and oxygen atoms in total. The SMILES string of the molecule is CC(C)C(NC(=O)[C@H](CCC(=O)OC(C)(C)C)NC(=O)[C@H](CC#Cc1ccc(OC(C)(C)C)cc1)NC(=O)OCc1ccccc1)C(=O)O. The van der Waals surface area contributed by atoms with Crippen LogP contribution in [0.2, 0.25) is 0 Å². The van der Waals surface area contributed by atoms with E-state index in [1.54, 1.807) is 83.1 Å². The smallest absolute Gasteiger partial charge is 0.408 e. The molecular formula is C37H49N3O9. The lowest BCUT2D eigenvalue weighted by Gasteiger charge is -2.25. The first-order chi connectivity index (χ1) is 22.8. The fraction of sp³-hybridized carbons (Fsp3) is 0.486. The Balaban J connectivity index is 2.29. The molecular weight excluding hydrogens is 630 g/mol. The van der Waals surface area contributed by atoms with Crippen molar-refractivity contribution in [3.63, 3.8) is 0 Å². The van der Waals surface area contributed by atoms with Gasteiger partial charge in [-0.15, -0.1) is 0 Å². The molecule has 0 spiro atoms. The van der Waals surface area contributed by atoms with Gasteiger partial charge in [0.15, 0.2) is 0 Å². The molecule has 12 heteroatoms. The molecule has 0 heterocycles. The van der Waals surface area contributed by atoms with Gasteiger partial charge in [0.2, 0.25) is 11.8 Å². The van der Waals surface area contributed by atoms with Gasteiger partial charge in [0.05, 0.1) is 0 Å². The average molecular weight is 680 g/mol. The van der Waals surface area contributed by atoms with E-state index in [-0.39, 0.29) is 31.5 Å². The van der Waals surface area contributed by atoms with E-state index in [1.807, 2.05) is 26.8 Å². The van der Waals surface area contributed by atoms with Gasteiger partial charge in [-0.2, -0.15) is 0 Å². The molecule has 0 saturated heterocycles. The van der Waals surface area contributed by atoms with Crippen molar-refractivity contribution in [1.82, 2.24) is 16.0 Å². The number of carbonyl (C=O) groups excluding carboxylic acids is 4. The minimum Gasteiger partial charge on any atom is -0.488 e. The van der Waals surface area contributed by atoms with Crippen molar-refractivity contribution >= 4 is 29.8 Å². The van der Waals surface area contributed by atoms with Gasteiger partial charge in [0.25, 0.3) is 0 Å². The second-order valence-corrected chi connectivity index (χ2v) is 13.8. The summed E-state index contributed by atoms with van der Waals surface area (Å²) < 4.78 is 16.5. The number of esters is 1. The van der Waals surface area contributed by atoms with Crippen molar-refractivity contribution in [2.75, 3.05) is 0 Å². The maximum Gasteiger partial charge on any atom is 0.408 e. The quantitative estimate of drug-likeness (QED) is 0.163. The van der Waals surface area contributed by atoms with Crippen LogP contribution in [0.15, 0.2) is 54.6 Å². The molecule has 49 heavy (non-hydrogen) atoms. The zero-order valence-electron chi connectivity index (χ0n) is 29.5. The zero-order chi connectivity index (χ0) is 36.8. The summed E-state index contributed by atoms with van der Waals surface area (Å²) in [6.07, 6.45) is -1.51. The number of carbonyl (C=O) groups is 5.